The van der Waals surface area contributed by atoms with Gasteiger partial charge in [-0.1, -0.05) is 35.9 Å². The average molecular weight is 521 g/mol. The van der Waals surface area contributed by atoms with E-state index in [4.69, 9.17) is 16.3 Å². The molecule has 5 rings (SSSR count). The average Bonchev–Trinajstić information content (AvgIpc) is 3.56. The topological polar surface area (TPSA) is 71.8 Å². The minimum Gasteiger partial charge on any atom is -0.507 e. The van der Waals surface area contributed by atoms with Gasteiger partial charge in [-0.2, -0.15) is 0 Å². The lowest BCUT2D eigenvalue weighted by molar-refractivity contribution is -0.139. The second kappa shape index (κ2) is 9.48. The van der Waals surface area contributed by atoms with Crippen molar-refractivity contribution in [1.82, 2.24) is 9.47 Å². The molecule has 2 aromatic heterocycles. The number of para-hydroxylation sites is 1. The third-order valence-corrected chi connectivity index (χ3v) is 7.81. The van der Waals surface area contributed by atoms with Crippen LogP contribution < -0.4 is 4.74 Å². The van der Waals surface area contributed by atoms with E-state index in [1.165, 1.54) is 18.4 Å². The Labute approximate surface area is 218 Å². The zero-order chi connectivity index (χ0) is 25.6. The molecule has 1 fully saturated rings. The van der Waals surface area contributed by atoms with Gasteiger partial charge in [0.05, 0.1) is 29.3 Å². The molecular formula is C28H25ClN2O4S. The smallest absolute Gasteiger partial charge is 0.295 e. The van der Waals surface area contributed by atoms with Crippen LogP contribution in [0.3, 0.4) is 0 Å². The van der Waals surface area contributed by atoms with Gasteiger partial charge in [0, 0.05) is 35.6 Å². The van der Waals surface area contributed by atoms with Crippen LogP contribution in [0.2, 0.25) is 5.02 Å². The number of ketones is 1. The van der Waals surface area contributed by atoms with E-state index in [9.17, 15) is 14.7 Å². The first-order valence-corrected chi connectivity index (χ1v) is 12.8. The number of hydrogen-bond donors (Lipinski definition) is 1. The van der Waals surface area contributed by atoms with Crippen LogP contribution in [-0.4, -0.2) is 39.9 Å². The van der Waals surface area contributed by atoms with Crippen LogP contribution in [0.4, 0.5) is 0 Å². The van der Waals surface area contributed by atoms with E-state index >= 15 is 0 Å². The molecule has 0 spiro atoms. The summed E-state index contributed by atoms with van der Waals surface area (Å²) in [5.74, 6) is -1.38. The maximum Gasteiger partial charge on any atom is 0.295 e. The van der Waals surface area contributed by atoms with Crippen molar-refractivity contribution in [1.29, 1.82) is 0 Å². The summed E-state index contributed by atoms with van der Waals surface area (Å²) >= 11 is 7.80. The number of benzene rings is 2. The van der Waals surface area contributed by atoms with Crippen molar-refractivity contribution in [3.8, 4) is 5.75 Å². The Kier molecular flexibility index (Phi) is 6.36. The van der Waals surface area contributed by atoms with Crippen LogP contribution in [0.15, 0.2) is 65.7 Å². The van der Waals surface area contributed by atoms with Gasteiger partial charge >= 0.3 is 0 Å². The van der Waals surface area contributed by atoms with Gasteiger partial charge in [-0.05, 0) is 54.1 Å². The van der Waals surface area contributed by atoms with Gasteiger partial charge in [-0.15, -0.1) is 11.3 Å². The van der Waals surface area contributed by atoms with Crippen molar-refractivity contribution in [2.45, 2.75) is 19.4 Å². The Morgan fingerprint density at radius 2 is 1.94 bits per heavy atom. The minimum absolute atomic E-state index is 0.0420. The highest BCUT2D eigenvalue weighted by Crippen LogP contribution is 2.44. The van der Waals surface area contributed by atoms with E-state index in [2.05, 4.69) is 22.9 Å². The maximum atomic E-state index is 13.4. The van der Waals surface area contributed by atoms with Crippen molar-refractivity contribution in [2.75, 3.05) is 13.7 Å². The number of aliphatic hydroxyl groups excluding tert-OH is 1. The molecule has 8 heteroatoms. The van der Waals surface area contributed by atoms with Crippen molar-refractivity contribution in [3.63, 3.8) is 0 Å². The maximum absolute atomic E-state index is 13.4. The minimum atomic E-state index is -0.719. The molecule has 36 heavy (non-hydrogen) atoms. The number of nitrogens with zero attached hydrogens (tertiary/aromatic N) is 2. The number of amides is 1. The Bertz CT molecular complexity index is 1520. The van der Waals surface area contributed by atoms with E-state index in [-0.39, 0.29) is 22.6 Å². The second-order valence-corrected chi connectivity index (χ2v) is 10.3. The normalized spacial score (nSPS) is 17.3. The molecule has 1 saturated heterocycles. The molecule has 0 bridgehead atoms. The van der Waals surface area contributed by atoms with Crippen LogP contribution in [0.1, 0.15) is 27.6 Å². The number of likely N-dealkylation sites (tertiary alicyclic amines) is 1. The Balaban J connectivity index is 1.59. The molecule has 1 N–H and O–H groups in total. The number of ether oxygens (including phenoxy) is 1. The summed E-state index contributed by atoms with van der Waals surface area (Å²) in [5, 5.41) is 14.8. The van der Waals surface area contributed by atoms with Crippen LogP contribution >= 0.6 is 22.9 Å². The molecule has 0 radical (unpaired) electrons. The molecule has 1 amide bonds. The lowest BCUT2D eigenvalue weighted by Gasteiger charge is -2.24. The number of hydrogen-bond acceptors (Lipinski definition) is 5. The zero-order valence-corrected chi connectivity index (χ0v) is 21.7. The largest absolute Gasteiger partial charge is 0.507 e. The van der Waals surface area contributed by atoms with Gasteiger partial charge in [-0.25, -0.2) is 0 Å². The van der Waals surface area contributed by atoms with Gasteiger partial charge < -0.3 is 19.3 Å². The lowest BCUT2D eigenvalue weighted by atomic mass is 9.98. The molecule has 4 aromatic rings. The molecule has 184 valence electrons. The van der Waals surface area contributed by atoms with Crippen molar-refractivity contribution >= 4 is 51.3 Å². The fraction of sp³-hybridized carbons (Fsp3) is 0.214. The van der Waals surface area contributed by atoms with Crippen LogP contribution in [0, 0.1) is 6.92 Å². The Morgan fingerprint density at radius 1 is 1.17 bits per heavy atom. The molecule has 1 atom stereocenters. The van der Waals surface area contributed by atoms with E-state index in [1.54, 1.807) is 17.0 Å². The molecule has 1 aliphatic heterocycles. The number of rotatable bonds is 6. The molecule has 1 unspecified atom stereocenters. The number of aryl methyl sites for hydroxylation is 2. The van der Waals surface area contributed by atoms with Crippen molar-refractivity contribution in [2.24, 2.45) is 7.05 Å². The highest BCUT2D eigenvalue weighted by molar-refractivity contribution is 7.10. The fourth-order valence-corrected chi connectivity index (χ4v) is 6.17. The van der Waals surface area contributed by atoms with E-state index in [0.717, 1.165) is 26.9 Å². The van der Waals surface area contributed by atoms with Crippen LogP contribution in [0.25, 0.3) is 16.7 Å². The SMILES string of the molecule is COc1c(Cl)cc(C)cc1/C(O)=C1/C(=O)C(=O)N(CCc2cn(C)c3ccccc23)C1c1cccs1. The van der Waals surface area contributed by atoms with Gasteiger partial charge in [0.15, 0.2) is 0 Å². The second-order valence-electron chi connectivity index (χ2n) is 8.87. The summed E-state index contributed by atoms with van der Waals surface area (Å²) in [5.41, 5.74) is 3.32. The molecular weight excluding hydrogens is 496 g/mol. The molecule has 2 aromatic carbocycles. The van der Waals surface area contributed by atoms with Gasteiger partial charge in [-0.3, -0.25) is 9.59 Å². The number of Topliss-reactive ketones (excluding diaryl/α,β-unsaturated/α-hetero) is 1. The molecule has 6 nitrogen and oxygen atoms in total. The Hall–Kier alpha value is -3.55. The van der Waals surface area contributed by atoms with Crippen molar-refractivity contribution < 1.29 is 19.4 Å². The summed E-state index contributed by atoms with van der Waals surface area (Å²) in [6.45, 7) is 2.16. The monoisotopic (exact) mass is 520 g/mol. The highest BCUT2D eigenvalue weighted by Gasteiger charge is 2.46. The number of thiophene rings is 1. The number of carbonyl (C=O) groups excluding carboxylic acids is 2. The number of methoxy groups -OCH3 is 1. The first kappa shape index (κ1) is 24.2. The van der Waals surface area contributed by atoms with Crippen molar-refractivity contribution in [3.05, 3.63) is 92.3 Å². The van der Waals surface area contributed by atoms with E-state index in [1.807, 2.05) is 43.6 Å². The van der Waals surface area contributed by atoms with E-state index < -0.39 is 17.7 Å². The number of halogens is 1. The zero-order valence-electron chi connectivity index (χ0n) is 20.1. The van der Waals surface area contributed by atoms with Crippen LogP contribution in [-0.2, 0) is 23.1 Å². The first-order chi connectivity index (χ1) is 17.3. The Morgan fingerprint density at radius 3 is 2.67 bits per heavy atom. The quantitative estimate of drug-likeness (QED) is 0.196. The number of carbonyl (C=O) groups is 2. The van der Waals surface area contributed by atoms with E-state index in [0.29, 0.717) is 18.0 Å². The third kappa shape index (κ3) is 3.98. The predicted octanol–water partition coefficient (Wildman–Crippen LogP) is 5.87. The van der Waals surface area contributed by atoms with Gasteiger partial charge in [0.1, 0.15) is 11.5 Å². The summed E-state index contributed by atoms with van der Waals surface area (Å²) in [7, 11) is 3.44. The fourth-order valence-electron chi connectivity index (χ4n) is 4.98. The molecule has 0 aliphatic carbocycles. The predicted molar refractivity (Wildman–Crippen MR) is 143 cm³/mol. The number of aliphatic hydroxyl groups is 1. The lowest BCUT2D eigenvalue weighted by Crippen LogP contribution is -2.31. The van der Waals surface area contributed by atoms with Crippen LogP contribution in [0.5, 0.6) is 5.75 Å². The number of aromatic nitrogens is 1. The summed E-state index contributed by atoms with van der Waals surface area (Å²) in [6.07, 6.45) is 2.62. The molecule has 1 aliphatic rings. The number of fused-ring (bicyclic) bond motifs is 1. The van der Waals surface area contributed by atoms with Gasteiger partial charge in [0.25, 0.3) is 11.7 Å². The third-order valence-electron chi connectivity index (χ3n) is 6.60. The first-order valence-electron chi connectivity index (χ1n) is 11.5. The highest BCUT2D eigenvalue weighted by atomic mass is 35.5. The standard InChI is InChI=1S/C28H25ClN2O4S/c1-16-13-19(27(35-3)20(29)14-16)25(32)23-24(22-9-6-12-36-22)31(28(34)26(23)33)11-10-17-15-30(2)21-8-5-4-7-18(17)21/h4-9,12-15,24,32H,10-11H2,1-3H3/b25-23-. The molecule has 0 saturated carbocycles. The molecule has 3 heterocycles. The van der Waals surface area contributed by atoms with Gasteiger partial charge in [0.2, 0.25) is 0 Å². The summed E-state index contributed by atoms with van der Waals surface area (Å²) < 4.78 is 7.50. The summed E-state index contributed by atoms with van der Waals surface area (Å²) in [6, 6.07) is 14.6. The summed E-state index contributed by atoms with van der Waals surface area (Å²) in [4.78, 5) is 29.0.